The van der Waals surface area contributed by atoms with Crippen molar-refractivity contribution in [1.82, 2.24) is 5.32 Å². The summed E-state index contributed by atoms with van der Waals surface area (Å²) in [6, 6.07) is 6.18. The third kappa shape index (κ3) is 7.81. The predicted molar refractivity (Wildman–Crippen MR) is 88.3 cm³/mol. The monoisotopic (exact) mass is 349 g/mol. The van der Waals surface area contributed by atoms with Crippen LogP contribution < -0.4 is 10.1 Å². The van der Waals surface area contributed by atoms with E-state index in [1.54, 1.807) is 0 Å². The molecule has 0 aliphatic heterocycles. The van der Waals surface area contributed by atoms with Gasteiger partial charge in [0.15, 0.2) is 0 Å². The summed E-state index contributed by atoms with van der Waals surface area (Å²) < 4.78 is 6.95. The van der Waals surface area contributed by atoms with Crippen LogP contribution in [0.5, 0.6) is 5.75 Å². The third-order valence-corrected chi connectivity index (χ3v) is 2.90. The quantitative estimate of drug-likeness (QED) is 0.824. The lowest BCUT2D eigenvalue weighted by Gasteiger charge is -2.22. The minimum atomic E-state index is 0. The molecule has 0 saturated heterocycles. The van der Waals surface area contributed by atoms with Crippen LogP contribution in [0.1, 0.15) is 40.2 Å². The van der Waals surface area contributed by atoms with E-state index in [-0.39, 0.29) is 17.9 Å². The first-order chi connectivity index (χ1) is 8.28. The van der Waals surface area contributed by atoms with Crippen LogP contribution >= 0.6 is 28.3 Å². The molecule has 1 aromatic carbocycles. The summed E-state index contributed by atoms with van der Waals surface area (Å²) in [5, 5.41) is 3.49. The molecule has 0 heterocycles. The number of hydrogen-bond acceptors (Lipinski definition) is 2. The summed E-state index contributed by atoms with van der Waals surface area (Å²) in [6.45, 7) is 12.4. The lowest BCUT2D eigenvalue weighted by Crippen LogP contribution is -2.35. The Morgan fingerprint density at radius 3 is 2.42 bits per heavy atom. The molecule has 2 nitrogen and oxygen atoms in total. The average Bonchev–Trinajstić information content (AvgIpc) is 2.23. The molecule has 0 saturated carbocycles. The molecule has 110 valence electrons. The minimum Gasteiger partial charge on any atom is -0.493 e. The fraction of sp³-hybridized carbons (Fsp3) is 0.600. The summed E-state index contributed by atoms with van der Waals surface area (Å²) in [7, 11) is 0. The van der Waals surface area contributed by atoms with Crippen LogP contribution in [0.2, 0.25) is 0 Å². The summed E-state index contributed by atoms with van der Waals surface area (Å²) in [4.78, 5) is 0. The van der Waals surface area contributed by atoms with E-state index in [1.807, 2.05) is 12.1 Å². The Bertz CT molecular complexity index is 388. The van der Waals surface area contributed by atoms with Gasteiger partial charge in [0, 0.05) is 22.1 Å². The zero-order valence-electron chi connectivity index (χ0n) is 12.4. The number of rotatable bonds is 5. The van der Waals surface area contributed by atoms with Crippen LogP contribution in [-0.4, -0.2) is 12.1 Å². The summed E-state index contributed by atoms with van der Waals surface area (Å²) in [6.07, 6.45) is 0. The molecule has 1 N–H and O–H groups in total. The van der Waals surface area contributed by atoms with Crippen molar-refractivity contribution in [2.75, 3.05) is 6.61 Å². The molecule has 0 bridgehead atoms. The van der Waals surface area contributed by atoms with Crippen LogP contribution in [0.3, 0.4) is 0 Å². The first kappa shape index (κ1) is 18.8. The number of hydrogen-bond donors (Lipinski definition) is 1. The molecule has 0 fully saturated rings. The Kier molecular flexibility index (Phi) is 8.02. The molecule has 0 aromatic heterocycles. The second-order valence-electron chi connectivity index (χ2n) is 6.06. The van der Waals surface area contributed by atoms with Gasteiger partial charge in [-0.25, -0.2) is 0 Å². The maximum absolute atomic E-state index is 5.86. The highest BCUT2D eigenvalue weighted by atomic mass is 79.9. The van der Waals surface area contributed by atoms with Crippen molar-refractivity contribution in [3.8, 4) is 5.75 Å². The molecule has 0 aliphatic rings. The average molecular weight is 351 g/mol. The highest BCUT2D eigenvalue weighted by molar-refractivity contribution is 9.10. The van der Waals surface area contributed by atoms with E-state index in [2.05, 4.69) is 61.9 Å². The molecular formula is C15H25BrClNO. The second-order valence-corrected chi connectivity index (χ2v) is 6.98. The standard InChI is InChI=1S/C15H24BrNO.ClH/c1-11(2)10-18-14-7-6-13(16)8-12(14)9-17-15(3,4)5;/h6-8,11,17H,9-10H2,1-5H3;1H. The minimum absolute atomic E-state index is 0. The van der Waals surface area contributed by atoms with E-state index in [0.717, 1.165) is 23.4 Å². The number of ether oxygens (including phenoxy) is 1. The first-order valence-electron chi connectivity index (χ1n) is 6.44. The highest BCUT2D eigenvalue weighted by Gasteiger charge is 2.11. The van der Waals surface area contributed by atoms with E-state index in [9.17, 15) is 0 Å². The SMILES string of the molecule is CC(C)COc1ccc(Br)cc1CNC(C)(C)C.Cl. The zero-order chi connectivity index (χ0) is 13.8. The van der Waals surface area contributed by atoms with Gasteiger partial charge in [-0.1, -0.05) is 29.8 Å². The Morgan fingerprint density at radius 1 is 1.26 bits per heavy atom. The Balaban J connectivity index is 0.00000324. The van der Waals surface area contributed by atoms with Crippen LogP contribution in [0.4, 0.5) is 0 Å². The molecule has 4 heteroatoms. The topological polar surface area (TPSA) is 21.3 Å². The Hall–Kier alpha value is -0.250. The van der Waals surface area contributed by atoms with Gasteiger partial charge in [0.2, 0.25) is 0 Å². The summed E-state index contributed by atoms with van der Waals surface area (Å²) in [5.41, 5.74) is 1.30. The number of nitrogens with one attached hydrogen (secondary N) is 1. The van der Waals surface area contributed by atoms with Crippen LogP contribution in [0, 0.1) is 5.92 Å². The molecule has 1 aromatic rings. The number of halogens is 2. The van der Waals surface area contributed by atoms with Crippen molar-refractivity contribution in [2.45, 2.75) is 46.7 Å². The normalized spacial score (nSPS) is 11.3. The van der Waals surface area contributed by atoms with Gasteiger partial charge in [-0.3, -0.25) is 0 Å². The van der Waals surface area contributed by atoms with Crippen molar-refractivity contribution in [3.63, 3.8) is 0 Å². The van der Waals surface area contributed by atoms with Gasteiger partial charge in [0.25, 0.3) is 0 Å². The summed E-state index contributed by atoms with van der Waals surface area (Å²) >= 11 is 3.51. The molecular weight excluding hydrogens is 326 g/mol. The van der Waals surface area contributed by atoms with Crippen LogP contribution in [0.25, 0.3) is 0 Å². The molecule has 0 spiro atoms. The lowest BCUT2D eigenvalue weighted by atomic mass is 10.1. The van der Waals surface area contributed by atoms with Crippen molar-refractivity contribution >= 4 is 28.3 Å². The number of benzene rings is 1. The maximum Gasteiger partial charge on any atom is 0.123 e. The molecule has 0 radical (unpaired) electrons. The first-order valence-corrected chi connectivity index (χ1v) is 7.23. The van der Waals surface area contributed by atoms with Crippen molar-refractivity contribution in [3.05, 3.63) is 28.2 Å². The predicted octanol–water partition coefficient (Wildman–Crippen LogP) is 4.79. The Morgan fingerprint density at radius 2 is 1.89 bits per heavy atom. The fourth-order valence-electron chi connectivity index (χ4n) is 1.44. The molecule has 1 rings (SSSR count). The van der Waals surface area contributed by atoms with E-state index >= 15 is 0 Å². The van der Waals surface area contributed by atoms with E-state index in [4.69, 9.17) is 4.74 Å². The van der Waals surface area contributed by atoms with E-state index < -0.39 is 0 Å². The molecule has 0 amide bonds. The molecule has 0 unspecified atom stereocenters. The smallest absolute Gasteiger partial charge is 0.123 e. The molecule has 0 atom stereocenters. The molecule has 0 aliphatic carbocycles. The fourth-order valence-corrected chi connectivity index (χ4v) is 1.85. The second kappa shape index (κ2) is 8.13. The van der Waals surface area contributed by atoms with Gasteiger partial charge in [0.1, 0.15) is 5.75 Å². The van der Waals surface area contributed by atoms with Gasteiger partial charge in [-0.15, -0.1) is 12.4 Å². The zero-order valence-corrected chi connectivity index (χ0v) is 14.8. The van der Waals surface area contributed by atoms with E-state index in [1.165, 1.54) is 5.56 Å². The van der Waals surface area contributed by atoms with Gasteiger partial charge in [-0.05, 0) is 44.9 Å². The maximum atomic E-state index is 5.86. The van der Waals surface area contributed by atoms with Gasteiger partial charge in [-0.2, -0.15) is 0 Å². The van der Waals surface area contributed by atoms with Crippen LogP contribution in [0.15, 0.2) is 22.7 Å². The van der Waals surface area contributed by atoms with Crippen molar-refractivity contribution < 1.29 is 4.74 Å². The van der Waals surface area contributed by atoms with Crippen molar-refractivity contribution in [2.24, 2.45) is 5.92 Å². The van der Waals surface area contributed by atoms with E-state index in [0.29, 0.717) is 5.92 Å². The highest BCUT2D eigenvalue weighted by Crippen LogP contribution is 2.24. The Labute approximate surface area is 131 Å². The van der Waals surface area contributed by atoms with Gasteiger partial charge >= 0.3 is 0 Å². The largest absolute Gasteiger partial charge is 0.493 e. The van der Waals surface area contributed by atoms with Gasteiger partial charge < -0.3 is 10.1 Å². The van der Waals surface area contributed by atoms with Gasteiger partial charge in [0.05, 0.1) is 6.61 Å². The lowest BCUT2D eigenvalue weighted by molar-refractivity contribution is 0.267. The van der Waals surface area contributed by atoms with Crippen molar-refractivity contribution in [1.29, 1.82) is 0 Å². The third-order valence-electron chi connectivity index (χ3n) is 2.40. The van der Waals surface area contributed by atoms with Crippen LogP contribution in [-0.2, 0) is 6.54 Å². The molecule has 19 heavy (non-hydrogen) atoms. The summed E-state index contributed by atoms with van der Waals surface area (Å²) in [5.74, 6) is 1.51.